The molecule has 0 amide bonds. The van der Waals surface area contributed by atoms with E-state index in [0.29, 0.717) is 0 Å². The summed E-state index contributed by atoms with van der Waals surface area (Å²) in [5.74, 6) is -0.737. The molecular weight excluding hydrogens is 358 g/mol. The van der Waals surface area contributed by atoms with Gasteiger partial charge in [-0.05, 0) is 35.4 Å². The monoisotopic (exact) mass is 370 g/mol. The highest BCUT2D eigenvalue weighted by Crippen LogP contribution is 2.33. The van der Waals surface area contributed by atoms with Crippen LogP contribution < -0.4 is 0 Å². The lowest BCUT2D eigenvalue weighted by atomic mass is 10.0. The quantitative estimate of drug-likeness (QED) is 0.475. The third-order valence-corrected chi connectivity index (χ3v) is 3.39. The van der Waals surface area contributed by atoms with E-state index in [-0.39, 0.29) is 11.1 Å². The molecule has 2 aromatic carbocycles. The molecule has 136 valence electrons. The summed E-state index contributed by atoms with van der Waals surface area (Å²) in [6, 6.07) is 9.33. The highest BCUT2D eigenvalue weighted by Gasteiger charge is 2.33. The number of carbonyl (C=O) groups is 1. The molecule has 0 aliphatic carbocycles. The lowest BCUT2D eigenvalue weighted by Crippen LogP contribution is -2.07. The molecule has 0 bridgehead atoms. The zero-order valence-electron chi connectivity index (χ0n) is 13.1. The van der Waals surface area contributed by atoms with Gasteiger partial charge >= 0.3 is 12.4 Å². The first kappa shape index (κ1) is 19.5. The molecule has 0 heterocycles. The van der Waals surface area contributed by atoms with E-state index in [1.54, 1.807) is 0 Å². The summed E-state index contributed by atoms with van der Waals surface area (Å²) in [5, 5.41) is 0. The predicted molar refractivity (Wildman–Crippen MR) is 86.0 cm³/mol. The molecule has 2 aromatic rings. The summed E-state index contributed by atoms with van der Waals surface area (Å²) in [5.41, 5.74) is -2.24. The highest BCUT2D eigenvalue weighted by atomic mass is 19.4. The van der Waals surface area contributed by atoms with Crippen LogP contribution in [0.2, 0.25) is 0 Å². The fourth-order valence-electron chi connectivity index (χ4n) is 2.20. The van der Waals surface area contributed by atoms with Crippen LogP contribution in [0.25, 0.3) is 12.2 Å². The molecule has 0 radical (unpaired) electrons. The van der Waals surface area contributed by atoms with Crippen LogP contribution in [0.1, 0.15) is 22.3 Å². The molecule has 0 N–H and O–H groups in total. The summed E-state index contributed by atoms with van der Waals surface area (Å²) >= 11 is 0. The standard InChI is InChI=1S/C19H12F6O/c20-18(21,22)16-7-3-1-5-13(16)9-11-15(26)12-10-14-6-2-4-8-17(14)19(23,24)25/h1-12H. The Kier molecular flexibility index (Phi) is 5.69. The number of carbonyl (C=O) groups excluding carboxylic acids is 1. The van der Waals surface area contributed by atoms with Gasteiger partial charge in [-0.25, -0.2) is 0 Å². The number of rotatable bonds is 4. The topological polar surface area (TPSA) is 17.1 Å². The molecule has 0 unspecified atom stereocenters. The van der Waals surface area contributed by atoms with E-state index >= 15 is 0 Å². The van der Waals surface area contributed by atoms with Crippen molar-refractivity contribution in [3.05, 3.63) is 82.9 Å². The van der Waals surface area contributed by atoms with Crippen molar-refractivity contribution in [2.24, 2.45) is 0 Å². The molecule has 0 aliphatic heterocycles. The van der Waals surface area contributed by atoms with Gasteiger partial charge in [0.15, 0.2) is 5.78 Å². The average molecular weight is 370 g/mol. The van der Waals surface area contributed by atoms with E-state index in [0.717, 1.165) is 36.4 Å². The van der Waals surface area contributed by atoms with Crippen molar-refractivity contribution in [2.45, 2.75) is 12.4 Å². The minimum atomic E-state index is -4.58. The normalized spacial score (nSPS) is 12.8. The summed E-state index contributed by atoms with van der Waals surface area (Å²) in [6.45, 7) is 0. The van der Waals surface area contributed by atoms with Gasteiger partial charge in [0.25, 0.3) is 0 Å². The van der Waals surface area contributed by atoms with Crippen molar-refractivity contribution >= 4 is 17.9 Å². The lowest BCUT2D eigenvalue weighted by molar-refractivity contribution is -0.138. The number of hydrogen-bond acceptors (Lipinski definition) is 1. The highest BCUT2D eigenvalue weighted by molar-refractivity contribution is 6.04. The molecule has 0 aromatic heterocycles. The van der Waals surface area contributed by atoms with Gasteiger partial charge in [-0.2, -0.15) is 26.3 Å². The van der Waals surface area contributed by atoms with Gasteiger partial charge in [0.1, 0.15) is 0 Å². The maximum atomic E-state index is 12.9. The Morgan fingerprint density at radius 1 is 0.654 bits per heavy atom. The minimum absolute atomic E-state index is 0.211. The second-order valence-corrected chi connectivity index (χ2v) is 5.24. The smallest absolute Gasteiger partial charge is 0.290 e. The molecule has 7 heteroatoms. The SMILES string of the molecule is O=C(C=Cc1ccccc1C(F)(F)F)C=Cc1ccccc1C(F)(F)F. The van der Waals surface area contributed by atoms with Crippen LogP contribution >= 0.6 is 0 Å². The van der Waals surface area contributed by atoms with Gasteiger partial charge in [-0.3, -0.25) is 4.79 Å². The third kappa shape index (κ3) is 5.08. The first-order chi connectivity index (χ1) is 12.1. The number of halogens is 6. The Morgan fingerprint density at radius 3 is 1.35 bits per heavy atom. The number of alkyl halides is 6. The van der Waals surface area contributed by atoms with Crippen molar-refractivity contribution in [3.63, 3.8) is 0 Å². The second-order valence-electron chi connectivity index (χ2n) is 5.24. The van der Waals surface area contributed by atoms with E-state index in [2.05, 4.69) is 0 Å². The van der Waals surface area contributed by atoms with Crippen molar-refractivity contribution in [2.75, 3.05) is 0 Å². The third-order valence-electron chi connectivity index (χ3n) is 3.39. The van der Waals surface area contributed by atoms with Gasteiger partial charge in [-0.1, -0.05) is 48.6 Å². The predicted octanol–water partition coefficient (Wildman–Crippen LogP) is 6.02. The second kappa shape index (κ2) is 7.59. The molecule has 0 atom stereocenters. The van der Waals surface area contributed by atoms with Gasteiger partial charge in [0, 0.05) is 0 Å². The first-order valence-corrected chi connectivity index (χ1v) is 7.31. The van der Waals surface area contributed by atoms with Crippen LogP contribution in [0.4, 0.5) is 26.3 Å². The summed E-state index contributed by atoms with van der Waals surface area (Å²) < 4.78 is 77.2. The minimum Gasteiger partial charge on any atom is -0.290 e. The molecular formula is C19H12F6O. The van der Waals surface area contributed by atoms with E-state index in [9.17, 15) is 31.1 Å². The van der Waals surface area contributed by atoms with E-state index < -0.39 is 29.3 Å². The number of allylic oxidation sites excluding steroid dienone is 2. The van der Waals surface area contributed by atoms with Gasteiger partial charge in [0.05, 0.1) is 11.1 Å². The molecule has 0 fully saturated rings. The zero-order chi connectivity index (χ0) is 19.4. The molecule has 26 heavy (non-hydrogen) atoms. The number of hydrogen-bond donors (Lipinski definition) is 0. The van der Waals surface area contributed by atoms with Crippen LogP contribution in [0.15, 0.2) is 60.7 Å². The van der Waals surface area contributed by atoms with Crippen LogP contribution in [0.3, 0.4) is 0 Å². The first-order valence-electron chi connectivity index (χ1n) is 7.31. The van der Waals surface area contributed by atoms with Crippen molar-refractivity contribution in [1.82, 2.24) is 0 Å². The van der Waals surface area contributed by atoms with Crippen molar-refractivity contribution in [3.8, 4) is 0 Å². The fraction of sp³-hybridized carbons (Fsp3) is 0.105. The molecule has 1 nitrogen and oxygen atoms in total. The Bertz CT molecular complexity index is 774. The lowest BCUT2D eigenvalue weighted by Gasteiger charge is -2.09. The number of benzene rings is 2. The van der Waals surface area contributed by atoms with Crippen LogP contribution in [0, 0.1) is 0 Å². The van der Waals surface area contributed by atoms with Crippen LogP contribution in [-0.4, -0.2) is 5.78 Å². The van der Waals surface area contributed by atoms with Gasteiger partial charge in [0.2, 0.25) is 0 Å². The molecule has 0 saturated heterocycles. The van der Waals surface area contributed by atoms with E-state index in [4.69, 9.17) is 0 Å². The Balaban J connectivity index is 2.21. The van der Waals surface area contributed by atoms with E-state index in [1.807, 2.05) is 0 Å². The maximum Gasteiger partial charge on any atom is 0.416 e. The molecule has 0 saturated carbocycles. The Morgan fingerprint density at radius 2 is 1.00 bits per heavy atom. The largest absolute Gasteiger partial charge is 0.416 e. The van der Waals surface area contributed by atoms with Gasteiger partial charge < -0.3 is 0 Å². The summed E-state index contributed by atoms with van der Waals surface area (Å²) in [4.78, 5) is 11.8. The summed E-state index contributed by atoms with van der Waals surface area (Å²) in [7, 11) is 0. The zero-order valence-corrected chi connectivity index (χ0v) is 13.1. The van der Waals surface area contributed by atoms with Crippen molar-refractivity contribution < 1.29 is 31.1 Å². The maximum absolute atomic E-state index is 12.9. The van der Waals surface area contributed by atoms with Crippen molar-refractivity contribution in [1.29, 1.82) is 0 Å². The molecule has 0 aliphatic rings. The average Bonchev–Trinajstić information content (AvgIpc) is 2.57. The Hall–Kier alpha value is -2.83. The Labute approximate surface area is 145 Å². The molecule has 0 spiro atoms. The van der Waals surface area contributed by atoms with Crippen LogP contribution in [0.5, 0.6) is 0 Å². The summed E-state index contributed by atoms with van der Waals surface area (Å²) in [6.07, 6.45) is -5.46. The van der Waals surface area contributed by atoms with E-state index in [1.165, 1.54) is 36.4 Å². The van der Waals surface area contributed by atoms with Gasteiger partial charge in [-0.15, -0.1) is 0 Å². The number of ketones is 1. The molecule has 2 rings (SSSR count). The van der Waals surface area contributed by atoms with Crippen LogP contribution in [-0.2, 0) is 17.1 Å². The fourth-order valence-corrected chi connectivity index (χ4v) is 2.20.